The van der Waals surface area contributed by atoms with Crippen LogP contribution in [0.1, 0.15) is 5.56 Å². The summed E-state index contributed by atoms with van der Waals surface area (Å²) in [4.78, 5) is 11.7. The van der Waals surface area contributed by atoms with Crippen molar-refractivity contribution in [2.75, 3.05) is 6.61 Å². The van der Waals surface area contributed by atoms with Crippen LogP contribution in [0.5, 0.6) is 5.75 Å². The van der Waals surface area contributed by atoms with Gasteiger partial charge in [0.15, 0.2) is 0 Å². The predicted octanol–water partition coefficient (Wildman–Crippen LogP) is -1.25. The Balaban J connectivity index is 1.99. The number of phenolic OH excluding ortho intramolecular Hbond substituents is 1. The Bertz CT molecular complexity index is 570. The number of phenols is 1. The van der Waals surface area contributed by atoms with Gasteiger partial charge in [0.25, 0.3) is 0 Å². The van der Waals surface area contributed by atoms with Gasteiger partial charge >= 0.3 is 5.97 Å². The summed E-state index contributed by atoms with van der Waals surface area (Å²) in [5.74, 6) is -0.827. The molecule has 0 saturated carbocycles. The van der Waals surface area contributed by atoms with Crippen LogP contribution in [0.15, 0.2) is 30.3 Å². The molecule has 2 rings (SSSR count). The van der Waals surface area contributed by atoms with Crippen molar-refractivity contribution in [1.29, 1.82) is 0 Å². The van der Waals surface area contributed by atoms with Gasteiger partial charge in [-0.3, -0.25) is 0 Å². The SMILES string of the molecule is O=C(C=Cc1cccc(O)c1)OC1O[C@H](CO)[C@@H](O)[C@H](O)[C@H]1O. The average Bonchev–Trinajstić information content (AvgIpc) is 2.53. The molecule has 126 valence electrons. The Morgan fingerprint density at radius 2 is 1.96 bits per heavy atom. The molecular weight excluding hydrogens is 308 g/mol. The summed E-state index contributed by atoms with van der Waals surface area (Å²) >= 11 is 0. The van der Waals surface area contributed by atoms with Crippen LogP contribution in [-0.4, -0.2) is 68.8 Å². The normalized spacial score (nSPS) is 31.2. The van der Waals surface area contributed by atoms with E-state index >= 15 is 0 Å². The number of aliphatic hydroxyl groups is 4. The zero-order valence-corrected chi connectivity index (χ0v) is 12.0. The Labute approximate surface area is 131 Å². The molecule has 1 aliphatic rings. The van der Waals surface area contributed by atoms with Gasteiger partial charge in [-0.25, -0.2) is 4.79 Å². The Morgan fingerprint density at radius 3 is 2.61 bits per heavy atom. The van der Waals surface area contributed by atoms with Crippen LogP contribution >= 0.6 is 0 Å². The molecule has 1 saturated heterocycles. The molecule has 0 bridgehead atoms. The van der Waals surface area contributed by atoms with Crippen molar-refractivity contribution in [3.05, 3.63) is 35.9 Å². The minimum atomic E-state index is -1.65. The zero-order valence-electron chi connectivity index (χ0n) is 12.0. The molecule has 5 N–H and O–H groups in total. The van der Waals surface area contributed by atoms with Gasteiger partial charge in [-0.05, 0) is 23.8 Å². The van der Waals surface area contributed by atoms with E-state index < -0.39 is 43.3 Å². The van der Waals surface area contributed by atoms with E-state index in [1.165, 1.54) is 18.2 Å². The number of carbonyl (C=O) groups excluding carboxylic acids is 1. The third-order valence-electron chi connectivity index (χ3n) is 3.36. The summed E-state index contributed by atoms with van der Waals surface area (Å²) < 4.78 is 9.91. The lowest BCUT2D eigenvalue weighted by molar-refractivity contribution is -0.291. The van der Waals surface area contributed by atoms with E-state index in [-0.39, 0.29) is 5.75 Å². The fourth-order valence-corrected chi connectivity index (χ4v) is 2.11. The van der Waals surface area contributed by atoms with Crippen molar-refractivity contribution in [2.45, 2.75) is 30.7 Å². The zero-order chi connectivity index (χ0) is 17.0. The molecule has 1 fully saturated rings. The van der Waals surface area contributed by atoms with Gasteiger partial charge in [-0.2, -0.15) is 0 Å². The Hall–Kier alpha value is -1.97. The fourth-order valence-electron chi connectivity index (χ4n) is 2.11. The molecule has 8 heteroatoms. The molecular formula is C15H18O8. The molecule has 1 unspecified atom stereocenters. The number of hydrogen-bond acceptors (Lipinski definition) is 8. The molecule has 1 aliphatic heterocycles. The van der Waals surface area contributed by atoms with Crippen molar-refractivity contribution < 1.29 is 39.8 Å². The number of carbonyl (C=O) groups is 1. The fraction of sp³-hybridized carbons (Fsp3) is 0.400. The molecule has 8 nitrogen and oxygen atoms in total. The lowest BCUT2D eigenvalue weighted by atomic mass is 9.99. The number of esters is 1. The molecule has 0 aromatic heterocycles. The van der Waals surface area contributed by atoms with E-state index in [0.717, 1.165) is 6.08 Å². The van der Waals surface area contributed by atoms with E-state index in [1.54, 1.807) is 12.1 Å². The molecule has 5 atom stereocenters. The molecule has 23 heavy (non-hydrogen) atoms. The summed E-state index contributed by atoms with van der Waals surface area (Å²) in [6, 6.07) is 6.15. The smallest absolute Gasteiger partial charge is 0.333 e. The highest BCUT2D eigenvalue weighted by Gasteiger charge is 2.45. The second-order valence-electron chi connectivity index (χ2n) is 5.06. The van der Waals surface area contributed by atoms with E-state index in [1.807, 2.05) is 0 Å². The van der Waals surface area contributed by atoms with Gasteiger partial charge in [0.2, 0.25) is 6.29 Å². The minimum absolute atomic E-state index is 0.0365. The van der Waals surface area contributed by atoms with Crippen molar-refractivity contribution in [1.82, 2.24) is 0 Å². The van der Waals surface area contributed by atoms with E-state index in [0.29, 0.717) is 5.56 Å². The number of aromatic hydroxyl groups is 1. The monoisotopic (exact) mass is 326 g/mol. The molecule has 1 aromatic carbocycles. The first-order valence-electron chi connectivity index (χ1n) is 6.90. The first-order valence-corrected chi connectivity index (χ1v) is 6.90. The molecule has 1 aromatic rings. The first kappa shape index (κ1) is 17.4. The molecule has 0 spiro atoms. The summed E-state index contributed by atoms with van der Waals surface area (Å²) in [6.45, 7) is -0.613. The molecule has 1 heterocycles. The number of benzene rings is 1. The largest absolute Gasteiger partial charge is 0.508 e. The van der Waals surface area contributed by atoms with Gasteiger partial charge in [-0.1, -0.05) is 12.1 Å². The number of aliphatic hydroxyl groups excluding tert-OH is 4. The Kier molecular flexibility index (Phi) is 5.69. The van der Waals surface area contributed by atoms with Crippen LogP contribution in [0.2, 0.25) is 0 Å². The van der Waals surface area contributed by atoms with Crippen LogP contribution in [-0.2, 0) is 14.3 Å². The van der Waals surface area contributed by atoms with Gasteiger partial charge in [0, 0.05) is 6.08 Å². The summed E-state index contributed by atoms with van der Waals surface area (Å²) in [5.41, 5.74) is 0.552. The van der Waals surface area contributed by atoms with Gasteiger partial charge < -0.3 is 35.0 Å². The number of rotatable bonds is 4. The summed E-state index contributed by atoms with van der Waals surface area (Å²) in [7, 11) is 0. The van der Waals surface area contributed by atoms with Crippen molar-refractivity contribution in [3.63, 3.8) is 0 Å². The maximum absolute atomic E-state index is 11.7. The highest BCUT2D eigenvalue weighted by molar-refractivity contribution is 5.87. The third kappa shape index (κ3) is 4.27. The topological polar surface area (TPSA) is 137 Å². The second-order valence-corrected chi connectivity index (χ2v) is 5.06. The lowest BCUT2D eigenvalue weighted by Crippen LogP contribution is -2.59. The average molecular weight is 326 g/mol. The summed E-state index contributed by atoms with van der Waals surface area (Å²) in [5, 5.41) is 47.3. The quantitative estimate of drug-likeness (QED) is 0.342. The maximum atomic E-state index is 11.7. The first-order chi connectivity index (χ1) is 10.9. The van der Waals surface area contributed by atoms with Gasteiger partial charge in [0.1, 0.15) is 30.2 Å². The highest BCUT2D eigenvalue weighted by atomic mass is 16.7. The molecule has 0 radical (unpaired) electrons. The van der Waals surface area contributed by atoms with Crippen LogP contribution in [0.25, 0.3) is 6.08 Å². The van der Waals surface area contributed by atoms with Crippen molar-refractivity contribution in [2.24, 2.45) is 0 Å². The van der Waals surface area contributed by atoms with Gasteiger partial charge in [-0.15, -0.1) is 0 Å². The maximum Gasteiger partial charge on any atom is 0.333 e. The standard InChI is InChI=1S/C15H18O8/c16-7-10-12(19)13(20)14(21)15(22-10)23-11(18)5-4-8-2-1-3-9(17)6-8/h1-6,10,12-17,19-21H,7H2/t10-,12-,13+,14-,15?/m1/s1. The van der Waals surface area contributed by atoms with Crippen molar-refractivity contribution in [3.8, 4) is 5.75 Å². The number of hydrogen-bond donors (Lipinski definition) is 5. The second kappa shape index (κ2) is 7.53. The van der Waals surface area contributed by atoms with Crippen molar-refractivity contribution >= 4 is 12.0 Å². The summed E-state index contributed by atoms with van der Waals surface area (Å²) in [6.07, 6.45) is -5.02. The van der Waals surface area contributed by atoms with Crippen LogP contribution < -0.4 is 0 Å². The van der Waals surface area contributed by atoms with E-state index in [2.05, 4.69) is 0 Å². The molecule has 0 amide bonds. The Morgan fingerprint density at radius 1 is 1.22 bits per heavy atom. The highest BCUT2D eigenvalue weighted by Crippen LogP contribution is 2.22. The minimum Gasteiger partial charge on any atom is -0.508 e. The lowest BCUT2D eigenvalue weighted by Gasteiger charge is -2.38. The molecule has 0 aliphatic carbocycles. The van der Waals surface area contributed by atoms with Gasteiger partial charge in [0.05, 0.1) is 6.61 Å². The number of ether oxygens (including phenoxy) is 2. The third-order valence-corrected chi connectivity index (χ3v) is 3.36. The van der Waals surface area contributed by atoms with E-state index in [4.69, 9.17) is 14.6 Å². The van der Waals surface area contributed by atoms with E-state index in [9.17, 15) is 25.2 Å². The van der Waals surface area contributed by atoms with Crippen LogP contribution in [0, 0.1) is 0 Å². The van der Waals surface area contributed by atoms with Crippen LogP contribution in [0.3, 0.4) is 0 Å². The predicted molar refractivity (Wildman–Crippen MR) is 77.0 cm³/mol. The van der Waals surface area contributed by atoms with Crippen LogP contribution in [0.4, 0.5) is 0 Å².